The molecule has 3 nitrogen and oxygen atoms in total. The van der Waals surface area contributed by atoms with Crippen molar-refractivity contribution in [3.63, 3.8) is 0 Å². The molecule has 164 valence electrons. The zero-order chi connectivity index (χ0) is 20.7. The van der Waals surface area contributed by atoms with Crippen molar-refractivity contribution < 1.29 is 9.18 Å². The van der Waals surface area contributed by atoms with Gasteiger partial charge in [0, 0.05) is 18.5 Å². The Balaban J connectivity index is 0.00000320. The van der Waals surface area contributed by atoms with E-state index in [2.05, 4.69) is 48.6 Å². The third-order valence-electron chi connectivity index (χ3n) is 6.43. The van der Waals surface area contributed by atoms with Crippen molar-refractivity contribution in [3.05, 3.63) is 71.5 Å². The van der Waals surface area contributed by atoms with E-state index in [4.69, 9.17) is 0 Å². The molecule has 0 saturated heterocycles. The average molecular weight is 433 g/mol. The minimum absolute atomic E-state index is 0. The Bertz CT molecular complexity index is 789. The van der Waals surface area contributed by atoms with E-state index < -0.39 is 0 Å². The van der Waals surface area contributed by atoms with Crippen molar-refractivity contribution in [2.75, 3.05) is 20.6 Å². The number of nitrogens with zero attached hydrogens (tertiary/aromatic N) is 1. The molecule has 0 spiro atoms. The van der Waals surface area contributed by atoms with Crippen molar-refractivity contribution in [2.24, 2.45) is 5.92 Å². The number of nitrogens with one attached hydrogen (secondary N) is 1. The molecule has 0 unspecified atom stereocenters. The zero-order valence-electron chi connectivity index (χ0n) is 18.1. The molecule has 0 atom stereocenters. The number of aryl methyl sites for hydroxylation is 1. The number of hydrogen-bond acceptors (Lipinski definition) is 2. The van der Waals surface area contributed by atoms with E-state index in [1.165, 1.54) is 11.6 Å². The molecule has 1 aliphatic rings. The molecule has 1 fully saturated rings. The van der Waals surface area contributed by atoms with Crippen LogP contribution in [-0.2, 0) is 16.8 Å². The number of halogens is 2. The van der Waals surface area contributed by atoms with Crippen LogP contribution in [0.5, 0.6) is 0 Å². The maximum absolute atomic E-state index is 13.8. The number of amides is 1. The Morgan fingerprint density at radius 1 is 1.10 bits per heavy atom. The van der Waals surface area contributed by atoms with Crippen LogP contribution >= 0.6 is 12.4 Å². The van der Waals surface area contributed by atoms with Gasteiger partial charge in [0.15, 0.2) is 0 Å². The summed E-state index contributed by atoms with van der Waals surface area (Å²) >= 11 is 0. The topological polar surface area (TPSA) is 32.3 Å². The third kappa shape index (κ3) is 6.29. The average Bonchev–Trinajstić information content (AvgIpc) is 2.72. The van der Waals surface area contributed by atoms with Crippen LogP contribution in [0.1, 0.15) is 49.7 Å². The first kappa shape index (κ1) is 24.4. The molecule has 30 heavy (non-hydrogen) atoms. The van der Waals surface area contributed by atoms with Gasteiger partial charge in [-0.15, -0.1) is 12.4 Å². The lowest BCUT2D eigenvalue weighted by atomic mass is 9.71. The molecule has 1 N–H and O–H groups in total. The van der Waals surface area contributed by atoms with Gasteiger partial charge >= 0.3 is 0 Å². The zero-order valence-corrected chi connectivity index (χ0v) is 18.9. The minimum Gasteiger partial charge on any atom is -0.356 e. The van der Waals surface area contributed by atoms with E-state index in [0.29, 0.717) is 12.3 Å². The number of benzene rings is 2. The molecule has 3 rings (SSSR count). The highest BCUT2D eigenvalue weighted by Gasteiger charge is 2.39. The van der Waals surface area contributed by atoms with Crippen molar-refractivity contribution in [2.45, 2.75) is 50.5 Å². The molecule has 0 aliphatic heterocycles. The fraction of sp³-hybridized carbons (Fsp3) is 0.480. The summed E-state index contributed by atoms with van der Waals surface area (Å²) in [6.07, 6.45) is 6.44. The van der Waals surface area contributed by atoms with Crippen LogP contribution in [0.15, 0.2) is 54.6 Å². The fourth-order valence-electron chi connectivity index (χ4n) is 4.63. The van der Waals surface area contributed by atoms with Crippen molar-refractivity contribution in [3.8, 4) is 0 Å². The fourth-order valence-corrected chi connectivity index (χ4v) is 4.63. The number of carbonyl (C=O) groups excluding carboxylic acids is 1. The van der Waals surface area contributed by atoms with E-state index >= 15 is 0 Å². The molecule has 2 aromatic rings. The van der Waals surface area contributed by atoms with Crippen LogP contribution in [0.4, 0.5) is 4.39 Å². The first-order chi connectivity index (χ1) is 14.0. The summed E-state index contributed by atoms with van der Waals surface area (Å²) in [6.45, 7) is 0.728. The van der Waals surface area contributed by atoms with Gasteiger partial charge in [-0.1, -0.05) is 42.5 Å². The smallest absolute Gasteiger partial charge is 0.220 e. The highest BCUT2D eigenvalue weighted by molar-refractivity contribution is 5.85. The molecular formula is C25H34ClFN2O. The van der Waals surface area contributed by atoms with Gasteiger partial charge in [0.1, 0.15) is 5.82 Å². The Morgan fingerprint density at radius 2 is 1.80 bits per heavy atom. The van der Waals surface area contributed by atoms with Gasteiger partial charge in [-0.3, -0.25) is 9.69 Å². The van der Waals surface area contributed by atoms with E-state index in [-0.39, 0.29) is 29.7 Å². The maximum Gasteiger partial charge on any atom is 0.220 e. The van der Waals surface area contributed by atoms with Gasteiger partial charge in [0.2, 0.25) is 5.91 Å². The summed E-state index contributed by atoms with van der Waals surface area (Å²) in [7, 11) is 4.15. The lowest BCUT2D eigenvalue weighted by Crippen LogP contribution is -2.45. The van der Waals surface area contributed by atoms with Crippen LogP contribution in [0.25, 0.3) is 0 Å². The van der Waals surface area contributed by atoms with Crippen LogP contribution < -0.4 is 5.32 Å². The molecule has 1 aliphatic carbocycles. The summed E-state index contributed by atoms with van der Waals surface area (Å²) in [5.74, 6) is 0.387. The Morgan fingerprint density at radius 3 is 2.43 bits per heavy atom. The number of rotatable bonds is 8. The summed E-state index contributed by atoms with van der Waals surface area (Å²) in [4.78, 5) is 14.6. The quantitative estimate of drug-likeness (QED) is 0.571. The highest BCUT2D eigenvalue weighted by Crippen LogP contribution is 2.43. The predicted molar refractivity (Wildman–Crippen MR) is 123 cm³/mol. The summed E-state index contributed by atoms with van der Waals surface area (Å²) in [6, 6.07) is 17.4. The Labute approximate surface area is 186 Å². The Hall–Kier alpha value is -1.91. The van der Waals surface area contributed by atoms with Gasteiger partial charge in [0.05, 0.1) is 0 Å². The lowest BCUT2D eigenvalue weighted by Gasteiger charge is -2.45. The van der Waals surface area contributed by atoms with Crippen LogP contribution in [0.2, 0.25) is 0 Å². The van der Waals surface area contributed by atoms with E-state index in [0.717, 1.165) is 50.6 Å². The second kappa shape index (κ2) is 11.5. The van der Waals surface area contributed by atoms with Crippen LogP contribution in [-0.4, -0.2) is 31.4 Å². The summed E-state index contributed by atoms with van der Waals surface area (Å²) in [5.41, 5.74) is 2.22. The third-order valence-corrected chi connectivity index (χ3v) is 6.43. The van der Waals surface area contributed by atoms with Crippen molar-refractivity contribution >= 4 is 18.3 Å². The largest absolute Gasteiger partial charge is 0.356 e. The predicted octanol–water partition coefficient (Wildman–Crippen LogP) is 5.33. The molecule has 0 aromatic heterocycles. The maximum atomic E-state index is 13.8. The lowest BCUT2D eigenvalue weighted by molar-refractivity contribution is -0.122. The standard InChI is InChI=1S/C25H33FN2O.ClH/c1-28(2)25(22-11-6-12-23(26)19-22)15-13-21(14-16-25)18-24(29)27-17-7-10-20-8-4-3-5-9-20;/h3-6,8-9,11-12,19,21H,7,10,13-18H2,1-2H3,(H,27,29);1H. The van der Waals surface area contributed by atoms with E-state index in [9.17, 15) is 9.18 Å². The molecule has 0 heterocycles. The Kier molecular flexibility index (Phi) is 9.32. The van der Waals surface area contributed by atoms with Gasteiger partial charge in [-0.25, -0.2) is 4.39 Å². The van der Waals surface area contributed by atoms with Crippen LogP contribution in [0, 0.1) is 11.7 Å². The first-order valence-electron chi connectivity index (χ1n) is 10.7. The second-order valence-corrected chi connectivity index (χ2v) is 8.52. The van der Waals surface area contributed by atoms with Gasteiger partial charge < -0.3 is 5.32 Å². The molecule has 2 aromatic carbocycles. The second-order valence-electron chi connectivity index (χ2n) is 8.52. The molecular weight excluding hydrogens is 399 g/mol. The molecule has 1 saturated carbocycles. The van der Waals surface area contributed by atoms with Gasteiger partial charge in [-0.05, 0) is 81.8 Å². The van der Waals surface area contributed by atoms with Crippen molar-refractivity contribution in [1.82, 2.24) is 10.2 Å². The first-order valence-corrected chi connectivity index (χ1v) is 10.7. The SMILES string of the molecule is CN(C)C1(c2cccc(F)c2)CCC(CC(=O)NCCCc2ccccc2)CC1.Cl. The molecule has 0 bridgehead atoms. The van der Waals surface area contributed by atoms with E-state index in [1.807, 2.05) is 12.1 Å². The molecule has 1 amide bonds. The number of hydrogen-bond donors (Lipinski definition) is 1. The molecule has 5 heteroatoms. The molecule has 0 radical (unpaired) electrons. The highest BCUT2D eigenvalue weighted by atomic mass is 35.5. The normalized spacial score (nSPS) is 21.1. The van der Waals surface area contributed by atoms with E-state index in [1.54, 1.807) is 12.1 Å². The minimum atomic E-state index is -0.180. The van der Waals surface area contributed by atoms with Gasteiger partial charge in [0.25, 0.3) is 0 Å². The van der Waals surface area contributed by atoms with Crippen LogP contribution in [0.3, 0.4) is 0 Å². The van der Waals surface area contributed by atoms with Crippen molar-refractivity contribution in [1.29, 1.82) is 0 Å². The summed E-state index contributed by atoms with van der Waals surface area (Å²) < 4.78 is 13.8. The number of carbonyl (C=O) groups is 1. The summed E-state index contributed by atoms with van der Waals surface area (Å²) in [5, 5.41) is 3.08. The monoisotopic (exact) mass is 432 g/mol. The van der Waals surface area contributed by atoms with Gasteiger partial charge in [-0.2, -0.15) is 0 Å².